The van der Waals surface area contributed by atoms with E-state index >= 15 is 0 Å². The van der Waals surface area contributed by atoms with Crippen LogP contribution in [-0.4, -0.2) is 49.7 Å². The van der Waals surface area contributed by atoms with E-state index in [0.29, 0.717) is 0 Å². The van der Waals surface area contributed by atoms with Gasteiger partial charge in [0, 0.05) is 49.7 Å². The highest BCUT2D eigenvalue weighted by molar-refractivity contribution is 5.91. The molecule has 2 aromatic carbocycles. The van der Waals surface area contributed by atoms with E-state index in [4.69, 9.17) is 9.15 Å². The van der Waals surface area contributed by atoms with Gasteiger partial charge in [0.15, 0.2) is 0 Å². The van der Waals surface area contributed by atoms with Gasteiger partial charge in [0.2, 0.25) is 0 Å². The Kier molecular flexibility index (Phi) is 5.05. The molecule has 0 spiro atoms. The lowest BCUT2D eigenvalue weighted by atomic mass is 10.1. The van der Waals surface area contributed by atoms with Crippen LogP contribution in [0, 0.1) is 6.92 Å². The molecule has 5 heteroatoms. The van der Waals surface area contributed by atoms with E-state index in [-0.39, 0.29) is 0 Å². The largest absolute Gasteiger partial charge is 0.497 e. The Hall–Kier alpha value is -3.05. The fourth-order valence-corrected chi connectivity index (χ4v) is 4.43. The molecular weight excluding hydrogens is 374 g/mol. The van der Waals surface area contributed by atoms with E-state index < -0.39 is 0 Å². The molecule has 0 amide bonds. The second-order valence-electron chi connectivity index (χ2n) is 8.06. The van der Waals surface area contributed by atoms with E-state index in [1.807, 2.05) is 30.7 Å². The molecule has 0 saturated carbocycles. The molecule has 0 unspecified atom stereocenters. The Morgan fingerprint density at radius 2 is 1.93 bits per heavy atom. The van der Waals surface area contributed by atoms with Crippen LogP contribution < -0.4 is 9.64 Å². The van der Waals surface area contributed by atoms with Crippen LogP contribution in [0.15, 0.2) is 59.3 Å². The van der Waals surface area contributed by atoms with Crippen molar-refractivity contribution in [1.82, 2.24) is 9.88 Å². The van der Waals surface area contributed by atoms with Crippen LogP contribution in [0.5, 0.6) is 5.75 Å². The minimum atomic E-state index is 0.873. The number of pyridine rings is 1. The summed E-state index contributed by atoms with van der Waals surface area (Å²) in [6.45, 7) is 7.36. The number of aromatic nitrogens is 1. The summed E-state index contributed by atoms with van der Waals surface area (Å²) in [6, 6.07) is 14.7. The van der Waals surface area contributed by atoms with Gasteiger partial charge in [0.05, 0.1) is 24.6 Å². The summed E-state index contributed by atoms with van der Waals surface area (Å²) in [5.41, 5.74) is 5.83. The zero-order valence-corrected chi connectivity index (χ0v) is 17.6. The third-order valence-electron chi connectivity index (χ3n) is 6.10. The minimum Gasteiger partial charge on any atom is -0.497 e. The van der Waals surface area contributed by atoms with Gasteiger partial charge in [-0.15, -0.1) is 0 Å². The number of anilines is 1. The lowest BCUT2D eigenvalue weighted by Gasteiger charge is -2.36. The van der Waals surface area contributed by atoms with Crippen LogP contribution in [0.4, 0.5) is 5.69 Å². The molecule has 3 heterocycles. The zero-order chi connectivity index (χ0) is 20.5. The molecule has 0 N–H and O–H groups in total. The first-order valence-corrected chi connectivity index (χ1v) is 10.6. The summed E-state index contributed by atoms with van der Waals surface area (Å²) in [4.78, 5) is 9.68. The number of ether oxygens (including phenoxy) is 1. The summed E-state index contributed by atoms with van der Waals surface area (Å²) < 4.78 is 11.1. The average molecular weight is 402 g/mol. The highest BCUT2D eigenvalue weighted by Gasteiger charge is 2.20. The van der Waals surface area contributed by atoms with Crippen molar-refractivity contribution in [2.75, 3.05) is 44.7 Å². The predicted octanol–water partition coefficient (Wildman–Crippen LogP) is 4.66. The van der Waals surface area contributed by atoms with Crippen LogP contribution in [0.3, 0.4) is 0 Å². The highest BCUT2D eigenvalue weighted by Crippen LogP contribution is 2.29. The summed E-state index contributed by atoms with van der Waals surface area (Å²) >= 11 is 0. The summed E-state index contributed by atoms with van der Waals surface area (Å²) in [5, 5.41) is 2.38. The topological polar surface area (TPSA) is 41.7 Å². The molecule has 154 valence electrons. The Balaban J connectivity index is 1.25. The van der Waals surface area contributed by atoms with Gasteiger partial charge >= 0.3 is 0 Å². The summed E-state index contributed by atoms with van der Waals surface area (Å²) in [6.07, 6.45) is 4.77. The summed E-state index contributed by atoms with van der Waals surface area (Å²) in [5.74, 6) is 0.873. The van der Waals surface area contributed by atoms with Crippen molar-refractivity contribution in [2.24, 2.45) is 0 Å². The normalized spacial score (nSPS) is 15.2. The fourth-order valence-electron chi connectivity index (χ4n) is 4.43. The molecule has 1 fully saturated rings. The molecule has 5 nitrogen and oxygen atoms in total. The molecule has 2 aromatic heterocycles. The van der Waals surface area contributed by atoms with Crippen LogP contribution in [0.2, 0.25) is 0 Å². The lowest BCUT2D eigenvalue weighted by Crippen LogP contribution is -2.47. The van der Waals surface area contributed by atoms with E-state index in [1.165, 1.54) is 22.2 Å². The van der Waals surface area contributed by atoms with Gasteiger partial charge in [0.1, 0.15) is 11.3 Å². The van der Waals surface area contributed by atoms with Crippen molar-refractivity contribution in [1.29, 1.82) is 0 Å². The highest BCUT2D eigenvalue weighted by atomic mass is 16.5. The van der Waals surface area contributed by atoms with Crippen LogP contribution >= 0.6 is 0 Å². The molecule has 0 bridgehead atoms. The number of rotatable bonds is 5. The maximum atomic E-state index is 5.73. The number of aryl methyl sites for hydroxylation is 1. The van der Waals surface area contributed by atoms with Gasteiger partial charge in [-0.1, -0.05) is 6.07 Å². The minimum absolute atomic E-state index is 0.873. The average Bonchev–Trinajstić information content (AvgIpc) is 3.19. The molecule has 4 aromatic rings. The number of hydrogen-bond acceptors (Lipinski definition) is 5. The Labute approximate surface area is 176 Å². The van der Waals surface area contributed by atoms with Crippen molar-refractivity contribution < 1.29 is 9.15 Å². The number of benzene rings is 2. The standard InChI is InChI=1S/C25H27N3O2/c1-18-14-19-4-3-8-26-25(19)23(15-18)28-12-10-27(11-13-28)9-7-20-17-30-24-6-5-21(29-2)16-22(20)24/h3-6,8,14-17H,7,9-13H2,1-2H3. The van der Waals surface area contributed by atoms with Crippen LogP contribution in [0.1, 0.15) is 11.1 Å². The molecule has 0 aliphatic carbocycles. The van der Waals surface area contributed by atoms with Crippen molar-refractivity contribution in [3.63, 3.8) is 0 Å². The van der Waals surface area contributed by atoms with E-state index in [0.717, 1.165) is 61.4 Å². The van der Waals surface area contributed by atoms with Crippen molar-refractivity contribution in [3.8, 4) is 5.75 Å². The first kappa shape index (κ1) is 18.9. The van der Waals surface area contributed by atoms with Gasteiger partial charge in [0.25, 0.3) is 0 Å². The monoisotopic (exact) mass is 401 g/mol. The molecule has 5 rings (SSSR count). The predicted molar refractivity (Wildman–Crippen MR) is 122 cm³/mol. The number of piperazine rings is 1. The number of furan rings is 1. The summed E-state index contributed by atoms with van der Waals surface area (Å²) in [7, 11) is 1.70. The Bertz CT molecular complexity index is 1180. The molecule has 1 aliphatic rings. The van der Waals surface area contributed by atoms with Gasteiger partial charge in [-0.2, -0.15) is 0 Å². The number of hydrogen-bond donors (Lipinski definition) is 0. The van der Waals surface area contributed by atoms with E-state index in [9.17, 15) is 0 Å². The van der Waals surface area contributed by atoms with Crippen molar-refractivity contribution in [2.45, 2.75) is 13.3 Å². The second-order valence-corrected chi connectivity index (χ2v) is 8.06. The number of nitrogens with zero attached hydrogens (tertiary/aromatic N) is 3. The molecule has 0 atom stereocenters. The quantitative estimate of drug-likeness (QED) is 0.486. The maximum absolute atomic E-state index is 5.73. The Morgan fingerprint density at radius 1 is 1.07 bits per heavy atom. The molecule has 1 saturated heterocycles. The fraction of sp³-hybridized carbons (Fsp3) is 0.320. The smallest absolute Gasteiger partial charge is 0.134 e. The van der Waals surface area contributed by atoms with Crippen LogP contribution in [-0.2, 0) is 6.42 Å². The first-order chi connectivity index (χ1) is 14.7. The first-order valence-electron chi connectivity index (χ1n) is 10.6. The lowest BCUT2D eigenvalue weighted by molar-refractivity contribution is 0.261. The number of fused-ring (bicyclic) bond motifs is 2. The van der Waals surface area contributed by atoms with Gasteiger partial charge < -0.3 is 14.1 Å². The number of methoxy groups -OCH3 is 1. The molecule has 1 aliphatic heterocycles. The SMILES string of the molecule is COc1ccc2occ(CCN3CCN(c4cc(C)cc5cccnc45)CC3)c2c1. The van der Waals surface area contributed by atoms with Gasteiger partial charge in [-0.25, -0.2) is 0 Å². The Morgan fingerprint density at radius 3 is 2.77 bits per heavy atom. The maximum Gasteiger partial charge on any atom is 0.134 e. The third-order valence-corrected chi connectivity index (χ3v) is 6.10. The van der Waals surface area contributed by atoms with Crippen molar-refractivity contribution in [3.05, 3.63) is 66.1 Å². The molecular formula is C25H27N3O2. The molecule has 30 heavy (non-hydrogen) atoms. The van der Waals surface area contributed by atoms with Crippen LogP contribution in [0.25, 0.3) is 21.9 Å². The van der Waals surface area contributed by atoms with E-state index in [2.05, 4.69) is 46.0 Å². The molecule has 0 radical (unpaired) electrons. The zero-order valence-electron chi connectivity index (χ0n) is 17.6. The van der Waals surface area contributed by atoms with Crippen molar-refractivity contribution >= 4 is 27.6 Å². The van der Waals surface area contributed by atoms with E-state index in [1.54, 1.807) is 7.11 Å². The van der Waals surface area contributed by atoms with Gasteiger partial charge in [-0.3, -0.25) is 9.88 Å². The third kappa shape index (κ3) is 3.61. The van der Waals surface area contributed by atoms with Gasteiger partial charge in [-0.05, 0) is 60.9 Å². The second kappa shape index (κ2) is 8.00.